The number of hydrogen-bond acceptors (Lipinski definition) is 4. The molecule has 1 aromatic carbocycles. The molecule has 5 heteroatoms. The third kappa shape index (κ3) is 2.29. The molecule has 0 amide bonds. The number of nitrogens with zero attached hydrogens (tertiary/aromatic N) is 2. The van der Waals surface area contributed by atoms with Gasteiger partial charge >= 0.3 is 0 Å². The smallest absolute Gasteiger partial charge is 0.162 e. The maximum absolute atomic E-state index is 6.00. The standard InChI is InChI=1S/C16H19N3O2/c1-10-5-6-12-11(7-10)8-13(21-12)15(17-2)16-14(20-4)9-18-19(16)3/h5-9,15,17H,1-4H3. The zero-order chi connectivity index (χ0) is 15.0. The van der Waals surface area contributed by atoms with E-state index in [1.54, 1.807) is 18.0 Å². The van der Waals surface area contributed by atoms with Crippen molar-refractivity contribution < 1.29 is 9.15 Å². The van der Waals surface area contributed by atoms with Gasteiger partial charge in [-0.25, -0.2) is 0 Å². The number of fused-ring (bicyclic) bond motifs is 1. The Hall–Kier alpha value is -2.27. The lowest BCUT2D eigenvalue weighted by Crippen LogP contribution is -2.20. The second-order valence-corrected chi connectivity index (χ2v) is 5.13. The number of hydrogen-bond donors (Lipinski definition) is 1. The van der Waals surface area contributed by atoms with Crippen LogP contribution >= 0.6 is 0 Å². The first kappa shape index (κ1) is 13.7. The minimum atomic E-state index is -0.111. The van der Waals surface area contributed by atoms with E-state index in [2.05, 4.69) is 35.5 Å². The quantitative estimate of drug-likeness (QED) is 0.801. The van der Waals surface area contributed by atoms with E-state index in [9.17, 15) is 0 Å². The van der Waals surface area contributed by atoms with Crippen LogP contribution in [0.5, 0.6) is 5.75 Å². The molecule has 0 fully saturated rings. The van der Waals surface area contributed by atoms with Crippen LogP contribution in [0.2, 0.25) is 0 Å². The minimum Gasteiger partial charge on any atom is -0.493 e. The van der Waals surface area contributed by atoms with E-state index in [1.807, 2.05) is 20.2 Å². The summed E-state index contributed by atoms with van der Waals surface area (Å²) in [5.74, 6) is 1.59. The Morgan fingerprint density at radius 1 is 1.33 bits per heavy atom. The SMILES string of the molecule is CNC(c1cc2cc(C)ccc2o1)c1c(OC)cnn1C. The molecular formula is C16H19N3O2. The number of aromatic nitrogens is 2. The normalized spacial score (nSPS) is 12.8. The van der Waals surface area contributed by atoms with Gasteiger partial charge in [-0.2, -0.15) is 5.10 Å². The highest BCUT2D eigenvalue weighted by Crippen LogP contribution is 2.32. The first-order chi connectivity index (χ1) is 10.1. The van der Waals surface area contributed by atoms with E-state index >= 15 is 0 Å². The van der Waals surface area contributed by atoms with Gasteiger partial charge in [0.15, 0.2) is 5.75 Å². The van der Waals surface area contributed by atoms with E-state index in [-0.39, 0.29) is 6.04 Å². The van der Waals surface area contributed by atoms with Gasteiger partial charge in [0.05, 0.1) is 13.3 Å². The Morgan fingerprint density at radius 2 is 2.14 bits per heavy atom. The number of rotatable bonds is 4. The summed E-state index contributed by atoms with van der Waals surface area (Å²) < 4.78 is 13.2. The van der Waals surface area contributed by atoms with Crippen molar-refractivity contribution in [3.63, 3.8) is 0 Å². The van der Waals surface area contributed by atoms with Crippen molar-refractivity contribution in [1.29, 1.82) is 0 Å². The molecule has 1 unspecified atom stereocenters. The summed E-state index contributed by atoms with van der Waals surface area (Å²) in [5.41, 5.74) is 3.04. The van der Waals surface area contributed by atoms with Gasteiger partial charge in [-0.05, 0) is 32.2 Å². The molecule has 0 aliphatic rings. The first-order valence-corrected chi connectivity index (χ1v) is 6.87. The van der Waals surface area contributed by atoms with Crippen molar-refractivity contribution in [2.75, 3.05) is 14.2 Å². The van der Waals surface area contributed by atoms with Gasteiger partial charge in [-0.1, -0.05) is 11.6 Å². The van der Waals surface area contributed by atoms with Gasteiger partial charge in [0.2, 0.25) is 0 Å². The summed E-state index contributed by atoms with van der Waals surface area (Å²) in [6.07, 6.45) is 1.71. The molecule has 0 bridgehead atoms. The van der Waals surface area contributed by atoms with Crippen molar-refractivity contribution in [1.82, 2.24) is 15.1 Å². The van der Waals surface area contributed by atoms with Crippen LogP contribution in [0.3, 0.4) is 0 Å². The fourth-order valence-electron chi connectivity index (χ4n) is 2.65. The number of aryl methyl sites for hydroxylation is 2. The Kier molecular flexibility index (Phi) is 3.43. The molecule has 5 nitrogen and oxygen atoms in total. The molecule has 0 saturated heterocycles. The lowest BCUT2D eigenvalue weighted by Gasteiger charge is -2.15. The Labute approximate surface area is 123 Å². The van der Waals surface area contributed by atoms with Crippen LogP contribution in [0.25, 0.3) is 11.0 Å². The van der Waals surface area contributed by atoms with Crippen LogP contribution in [0, 0.1) is 6.92 Å². The number of nitrogens with one attached hydrogen (secondary N) is 1. The number of benzene rings is 1. The summed E-state index contributed by atoms with van der Waals surface area (Å²) in [4.78, 5) is 0. The highest BCUT2D eigenvalue weighted by molar-refractivity contribution is 5.79. The van der Waals surface area contributed by atoms with Gasteiger partial charge in [0, 0.05) is 12.4 Å². The molecule has 3 aromatic rings. The lowest BCUT2D eigenvalue weighted by molar-refractivity contribution is 0.394. The third-order valence-corrected chi connectivity index (χ3v) is 3.71. The van der Waals surface area contributed by atoms with E-state index in [0.717, 1.165) is 28.2 Å². The minimum absolute atomic E-state index is 0.111. The topological polar surface area (TPSA) is 52.2 Å². The predicted molar refractivity (Wildman–Crippen MR) is 81.6 cm³/mol. The maximum atomic E-state index is 6.00. The zero-order valence-corrected chi connectivity index (χ0v) is 12.7. The first-order valence-electron chi connectivity index (χ1n) is 6.87. The van der Waals surface area contributed by atoms with E-state index < -0.39 is 0 Å². The molecular weight excluding hydrogens is 266 g/mol. The molecule has 1 N–H and O–H groups in total. The molecule has 0 aliphatic carbocycles. The third-order valence-electron chi connectivity index (χ3n) is 3.71. The van der Waals surface area contributed by atoms with Gasteiger partial charge in [0.1, 0.15) is 23.1 Å². The number of ether oxygens (including phenoxy) is 1. The molecule has 0 saturated carbocycles. The second-order valence-electron chi connectivity index (χ2n) is 5.13. The molecule has 2 heterocycles. The molecule has 110 valence electrons. The van der Waals surface area contributed by atoms with Crippen molar-refractivity contribution in [3.05, 3.63) is 47.5 Å². The summed E-state index contributed by atoms with van der Waals surface area (Å²) in [7, 11) is 5.44. The summed E-state index contributed by atoms with van der Waals surface area (Å²) in [6.45, 7) is 2.08. The van der Waals surface area contributed by atoms with Crippen LogP contribution < -0.4 is 10.1 Å². The van der Waals surface area contributed by atoms with Gasteiger partial charge in [-0.3, -0.25) is 4.68 Å². The van der Waals surface area contributed by atoms with Crippen LogP contribution in [-0.2, 0) is 7.05 Å². The van der Waals surface area contributed by atoms with Crippen LogP contribution in [0.4, 0.5) is 0 Å². The second kappa shape index (κ2) is 5.26. The molecule has 0 radical (unpaired) electrons. The lowest BCUT2D eigenvalue weighted by atomic mass is 10.1. The van der Waals surface area contributed by atoms with E-state index in [0.29, 0.717) is 0 Å². The van der Waals surface area contributed by atoms with Crippen molar-refractivity contribution >= 4 is 11.0 Å². The van der Waals surface area contributed by atoms with Crippen LogP contribution in [0.15, 0.2) is 34.9 Å². The van der Waals surface area contributed by atoms with E-state index in [1.165, 1.54) is 5.56 Å². The largest absolute Gasteiger partial charge is 0.493 e. The fourth-order valence-corrected chi connectivity index (χ4v) is 2.65. The van der Waals surface area contributed by atoms with Crippen LogP contribution in [0.1, 0.15) is 23.1 Å². The average molecular weight is 285 g/mol. The average Bonchev–Trinajstić information content (AvgIpc) is 3.04. The highest BCUT2D eigenvalue weighted by Gasteiger charge is 2.24. The molecule has 3 rings (SSSR count). The van der Waals surface area contributed by atoms with E-state index in [4.69, 9.17) is 9.15 Å². The number of furan rings is 1. The van der Waals surface area contributed by atoms with Crippen molar-refractivity contribution in [3.8, 4) is 5.75 Å². The zero-order valence-electron chi connectivity index (χ0n) is 12.7. The molecule has 21 heavy (non-hydrogen) atoms. The van der Waals surface area contributed by atoms with Crippen LogP contribution in [-0.4, -0.2) is 23.9 Å². The van der Waals surface area contributed by atoms with Crippen molar-refractivity contribution in [2.24, 2.45) is 7.05 Å². The molecule has 2 aromatic heterocycles. The monoisotopic (exact) mass is 285 g/mol. The highest BCUT2D eigenvalue weighted by atomic mass is 16.5. The number of methoxy groups -OCH3 is 1. The van der Waals surface area contributed by atoms with Gasteiger partial charge < -0.3 is 14.5 Å². The molecule has 1 atom stereocenters. The molecule has 0 spiro atoms. The Morgan fingerprint density at radius 3 is 2.86 bits per heavy atom. The van der Waals surface area contributed by atoms with Gasteiger partial charge in [0.25, 0.3) is 0 Å². The summed E-state index contributed by atoms with van der Waals surface area (Å²) in [5, 5.41) is 8.64. The van der Waals surface area contributed by atoms with Crippen molar-refractivity contribution in [2.45, 2.75) is 13.0 Å². The Balaban J connectivity index is 2.11. The maximum Gasteiger partial charge on any atom is 0.162 e. The van der Waals surface area contributed by atoms with Gasteiger partial charge in [-0.15, -0.1) is 0 Å². The Bertz CT molecular complexity index is 773. The fraction of sp³-hybridized carbons (Fsp3) is 0.312. The predicted octanol–water partition coefficient (Wildman–Crippen LogP) is 2.79. The summed E-state index contributed by atoms with van der Waals surface area (Å²) >= 11 is 0. The summed E-state index contributed by atoms with van der Waals surface area (Å²) in [6, 6.07) is 8.13. The molecule has 0 aliphatic heterocycles.